The minimum Gasteiger partial charge on any atom is -0.434 e. The van der Waals surface area contributed by atoms with Crippen LogP contribution in [0, 0.1) is 0 Å². The first-order chi connectivity index (χ1) is 9.31. The van der Waals surface area contributed by atoms with E-state index in [1.807, 2.05) is 40.8 Å². The summed E-state index contributed by atoms with van der Waals surface area (Å²) >= 11 is 1.59. The SMILES string of the molecule is CCn1cc(Oc2nc3sccn3c2CNC)cn1. The number of aryl methyl sites for hydroxylation is 1. The molecule has 0 aliphatic rings. The normalized spacial score (nSPS) is 11.3. The first-order valence-corrected chi connectivity index (χ1v) is 6.99. The quantitative estimate of drug-likeness (QED) is 0.776. The van der Waals surface area contributed by atoms with Crippen LogP contribution in [0.25, 0.3) is 4.96 Å². The molecule has 0 aliphatic carbocycles. The van der Waals surface area contributed by atoms with Gasteiger partial charge in [0.2, 0.25) is 5.88 Å². The fourth-order valence-electron chi connectivity index (χ4n) is 1.90. The summed E-state index contributed by atoms with van der Waals surface area (Å²) in [5.74, 6) is 1.35. The zero-order chi connectivity index (χ0) is 13.2. The Kier molecular flexibility index (Phi) is 3.22. The number of rotatable bonds is 5. The zero-order valence-corrected chi connectivity index (χ0v) is 11.6. The number of nitrogens with one attached hydrogen (secondary N) is 1. The fourth-order valence-corrected chi connectivity index (χ4v) is 2.63. The number of imidazole rings is 1. The van der Waals surface area contributed by atoms with Crippen molar-refractivity contribution in [1.82, 2.24) is 24.5 Å². The monoisotopic (exact) mass is 277 g/mol. The van der Waals surface area contributed by atoms with Gasteiger partial charge in [0, 0.05) is 24.7 Å². The third-order valence-corrected chi connectivity index (χ3v) is 3.57. The smallest absolute Gasteiger partial charge is 0.243 e. The van der Waals surface area contributed by atoms with E-state index < -0.39 is 0 Å². The van der Waals surface area contributed by atoms with Gasteiger partial charge in [-0.1, -0.05) is 0 Å². The van der Waals surface area contributed by atoms with E-state index in [2.05, 4.69) is 15.4 Å². The Morgan fingerprint density at radius 2 is 2.37 bits per heavy atom. The number of fused-ring (bicyclic) bond motifs is 1. The molecule has 3 heterocycles. The molecule has 3 aromatic heterocycles. The van der Waals surface area contributed by atoms with Crippen molar-refractivity contribution in [2.24, 2.45) is 0 Å². The minimum atomic E-state index is 0.636. The van der Waals surface area contributed by atoms with Gasteiger partial charge in [-0.25, -0.2) is 0 Å². The molecule has 0 bridgehead atoms. The Morgan fingerprint density at radius 1 is 1.47 bits per heavy atom. The highest BCUT2D eigenvalue weighted by Crippen LogP contribution is 2.27. The van der Waals surface area contributed by atoms with Crippen molar-refractivity contribution >= 4 is 16.3 Å². The number of thiazole rings is 1. The van der Waals surface area contributed by atoms with E-state index >= 15 is 0 Å². The third-order valence-electron chi connectivity index (χ3n) is 2.82. The molecule has 0 atom stereocenters. The fraction of sp³-hybridized carbons (Fsp3) is 0.333. The molecule has 6 nitrogen and oxygen atoms in total. The Balaban J connectivity index is 1.94. The maximum absolute atomic E-state index is 5.84. The van der Waals surface area contributed by atoms with Crippen molar-refractivity contribution in [3.8, 4) is 11.6 Å². The first-order valence-electron chi connectivity index (χ1n) is 6.11. The number of nitrogens with zero attached hydrogens (tertiary/aromatic N) is 4. The molecule has 0 aromatic carbocycles. The van der Waals surface area contributed by atoms with Crippen molar-refractivity contribution in [3.05, 3.63) is 29.7 Å². The standard InChI is InChI=1S/C12H15N5OS/c1-3-16-8-9(6-14-16)18-11-10(7-13-2)17-4-5-19-12(17)15-11/h4-6,8,13H,3,7H2,1-2H3. The van der Waals surface area contributed by atoms with Crippen molar-refractivity contribution in [1.29, 1.82) is 0 Å². The Hall–Kier alpha value is -1.86. The number of aromatic nitrogens is 4. The van der Waals surface area contributed by atoms with E-state index in [9.17, 15) is 0 Å². The highest BCUT2D eigenvalue weighted by molar-refractivity contribution is 7.15. The second kappa shape index (κ2) is 5.02. The predicted octanol–water partition coefficient (Wildman–Crippen LogP) is 2.12. The molecule has 0 saturated carbocycles. The molecule has 3 aromatic rings. The van der Waals surface area contributed by atoms with Gasteiger partial charge in [0.15, 0.2) is 10.7 Å². The molecule has 0 unspecified atom stereocenters. The van der Waals surface area contributed by atoms with Gasteiger partial charge in [-0.2, -0.15) is 10.1 Å². The van der Waals surface area contributed by atoms with Crippen molar-refractivity contribution < 1.29 is 4.74 Å². The molecule has 0 spiro atoms. The van der Waals surface area contributed by atoms with Gasteiger partial charge in [-0.05, 0) is 14.0 Å². The van der Waals surface area contributed by atoms with Crippen molar-refractivity contribution in [2.75, 3.05) is 7.05 Å². The summed E-state index contributed by atoms with van der Waals surface area (Å²) in [6.07, 6.45) is 5.58. The molecular formula is C12H15N5OS. The van der Waals surface area contributed by atoms with Gasteiger partial charge in [0.25, 0.3) is 0 Å². The highest BCUT2D eigenvalue weighted by atomic mass is 32.1. The number of ether oxygens (including phenoxy) is 1. The number of hydrogen-bond donors (Lipinski definition) is 1. The zero-order valence-electron chi connectivity index (χ0n) is 10.8. The summed E-state index contributed by atoms with van der Waals surface area (Å²) in [5.41, 5.74) is 1.02. The lowest BCUT2D eigenvalue weighted by atomic mass is 10.4. The minimum absolute atomic E-state index is 0.636. The second-order valence-corrected chi connectivity index (χ2v) is 4.96. The highest BCUT2D eigenvalue weighted by Gasteiger charge is 2.15. The van der Waals surface area contributed by atoms with Crippen LogP contribution in [0.2, 0.25) is 0 Å². The Morgan fingerprint density at radius 3 is 3.11 bits per heavy atom. The molecule has 3 rings (SSSR count). The van der Waals surface area contributed by atoms with E-state index in [1.165, 1.54) is 0 Å². The van der Waals surface area contributed by atoms with Crippen LogP contribution in [0.3, 0.4) is 0 Å². The van der Waals surface area contributed by atoms with E-state index in [0.717, 1.165) is 17.2 Å². The maximum atomic E-state index is 5.84. The molecule has 0 amide bonds. The van der Waals surface area contributed by atoms with Crippen LogP contribution in [0.4, 0.5) is 0 Å². The summed E-state index contributed by atoms with van der Waals surface area (Å²) in [7, 11) is 1.91. The van der Waals surface area contributed by atoms with Crippen LogP contribution < -0.4 is 10.1 Å². The van der Waals surface area contributed by atoms with Gasteiger partial charge in [0.05, 0.1) is 12.4 Å². The lowest BCUT2D eigenvalue weighted by Gasteiger charge is -2.03. The summed E-state index contributed by atoms with van der Waals surface area (Å²) in [6.45, 7) is 3.57. The lowest BCUT2D eigenvalue weighted by molar-refractivity contribution is 0.456. The summed E-state index contributed by atoms with van der Waals surface area (Å²) in [6, 6.07) is 0. The van der Waals surface area contributed by atoms with Gasteiger partial charge in [0.1, 0.15) is 5.69 Å². The van der Waals surface area contributed by atoms with E-state index in [4.69, 9.17) is 4.74 Å². The average molecular weight is 277 g/mol. The van der Waals surface area contributed by atoms with Crippen LogP contribution in [-0.4, -0.2) is 26.2 Å². The largest absolute Gasteiger partial charge is 0.434 e. The van der Waals surface area contributed by atoms with Crippen molar-refractivity contribution in [2.45, 2.75) is 20.0 Å². The molecular weight excluding hydrogens is 262 g/mol. The molecule has 19 heavy (non-hydrogen) atoms. The summed E-state index contributed by atoms with van der Waals surface area (Å²) in [4.78, 5) is 5.44. The molecule has 1 N–H and O–H groups in total. The molecule has 0 radical (unpaired) electrons. The topological polar surface area (TPSA) is 56.4 Å². The van der Waals surface area contributed by atoms with Gasteiger partial charge in [-0.3, -0.25) is 9.08 Å². The summed E-state index contributed by atoms with van der Waals surface area (Å²) in [5, 5.41) is 9.34. The molecule has 0 aliphatic heterocycles. The summed E-state index contributed by atoms with van der Waals surface area (Å²) < 4.78 is 9.71. The van der Waals surface area contributed by atoms with E-state index in [-0.39, 0.29) is 0 Å². The van der Waals surface area contributed by atoms with Crippen LogP contribution in [0.15, 0.2) is 24.0 Å². The number of hydrogen-bond acceptors (Lipinski definition) is 5. The van der Waals surface area contributed by atoms with Crippen molar-refractivity contribution in [3.63, 3.8) is 0 Å². The third kappa shape index (κ3) is 2.22. The van der Waals surface area contributed by atoms with Crippen LogP contribution in [0.1, 0.15) is 12.6 Å². The molecule has 0 saturated heterocycles. The van der Waals surface area contributed by atoms with Gasteiger partial charge in [-0.15, -0.1) is 11.3 Å². The van der Waals surface area contributed by atoms with Crippen LogP contribution in [-0.2, 0) is 13.1 Å². The molecule has 0 fully saturated rings. The van der Waals surface area contributed by atoms with Gasteiger partial charge >= 0.3 is 0 Å². The Bertz CT molecular complexity index is 683. The average Bonchev–Trinajstić information content (AvgIpc) is 3.09. The lowest BCUT2D eigenvalue weighted by Crippen LogP contribution is -2.08. The molecule has 100 valence electrons. The van der Waals surface area contributed by atoms with Gasteiger partial charge < -0.3 is 10.1 Å². The van der Waals surface area contributed by atoms with E-state index in [0.29, 0.717) is 18.2 Å². The second-order valence-electron chi connectivity index (χ2n) is 4.08. The first kappa shape index (κ1) is 12.2. The molecule has 7 heteroatoms. The Labute approximate surface area is 114 Å². The van der Waals surface area contributed by atoms with Crippen LogP contribution >= 0.6 is 11.3 Å². The van der Waals surface area contributed by atoms with Crippen LogP contribution in [0.5, 0.6) is 11.6 Å². The predicted molar refractivity (Wildman–Crippen MR) is 73.8 cm³/mol. The maximum Gasteiger partial charge on any atom is 0.243 e. The van der Waals surface area contributed by atoms with E-state index in [1.54, 1.807) is 17.5 Å².